The number of carboxylic acid groups (broad SMARTS) is 1. The lowest BCUT2D eigenvalue weighted by atomic mass is 10.3. The minimum Gasteiger partial charge on any atom is -0.475 e. The van der Waals surface area contributed by atoms with E-state index >= 15 is 0 Å². The fraction of sp³-hybridized carbons (Fsp3) is 0.0833. The Kier molecular flexibility index (Phi) is 3.55. The van der Waals surface area contributed by atoms with Gasteiger partial charge in [0, 0.05) is 6.07 Å². The molecule has 20 heavy (non-hydrogen) atoms. The van der Waals surface area contributed by atoms with Gasteiger partial charge in [-0.1, -0.05) is 12.1 Å². The third-order valence-corrected chi connectivity index (χ3v) is 2.08. The van der Waals surface area contributed by atoms with Crippen molar-refractivity contribution in [3.8, 4) is 17.4 Å². The van der Waals surface area contributed by atoms with Crippen LogP contribution in [0.25, 0.3) is 0 Å². The van der Waals surface area contributed by atoms with Crippen molar-refractivity contribution in [1.82, 2.24) is 0 Å². The summed E-state index contributed by atoms with van der Waals surface area (Å²) in [5, 5.41) is 8.65. The number of carbonyl (C=O) groups is 1. The summed E-state index contributed by atoms with van der Waals surface area (Å²) in [4.78, 5) is 10.6. The van der Waals surface area contributed by atoms with Crippen LogP contribution in [0.1, 0.15) is 10.6 Å². The molecule has 0 aliphatic carbocycles. The van der Waals surface area contributed by atoms with Crippen LogP contribution in [0.3, 0.4) is 0 Å². The first-order chi connectivity index (χ1) is 9.35. The van der Waals surface area contributed by atoms with E-state index in [9.17, 15) is 18.0 Å². The number of furan rings is 1. The maximum atomic E-state index is 12.2. The minimum absolute atomic E-state index is 0.254. The minimum atomic E-state index is -4.87. The first-order valence-corrected chi connectivity index (χ1v) is 5.21. The lowest BCUT2D eigenvalue weighted by Gasteiger charge is -2.12. The molecule has 0 spiro atoms. The van der Waals surface area contributed by atoms with Crippen LogP contribution in [-0.4, -0.2) is 17.4 Å². The van der Waals surface area contributed by atoms with Gasteiger partial charge >= 0.3 is 12.3 Å². The van der Waals surface area contributed by atoms with E-state index in [1.807, 2.05) is 0 Å². The zero-order valence-corrected chi connectivity index (χ0v) is 9.68. The van der Waals surface area contributed by atoms with Crippen LogP contribution < -0.4 is 9.47 Å². The second-order valence-electron chi connectivity index (χ2n) is 3.52. The molecule has 0 atom stereocenters. The molecule has 0 saturated heterocycles. The summed E-state index contributed by atoms with van der Waals surface area (Å²) in [5.74, 6) is -2.79. The smallest absolute Gasteiger partial charge is 0.475 e. The molecule has 8 heteroatoms. The number of carboxylic acids is 1. The van der Waals surface area contributed by atoms with Crippen LogP contribution in [-0.2, 0) is 0 Å². The van der Waals surface area contributed by atoms with E-state index in [0.717, 1.165) is 12.1 Å². The maximum absolute atomic E-state index is 12.2. The Labute approximate surface area is 110 Å². The number of hydrogen-bond acceptors (Lipinski definition) is 4. The van der Waals surface area contributed by atoms with Crippen molar-refractivity contribution in [3.05, 3.63) is 42.2 Å². The normalized spacial score (nSPS) is 11.2. The number of rotatable bonds is 4. The fourth-order valence-corrected chi connectivity index (χ4v) is 1.34. The van der Waals surface area contributed by atoms with Gasteiger partial charge in [0.05, 0.1) is 0 Å². The molecule has 1 aromatic heterocycles. The number of hydrogen-bond donors (Lipinski definition) is 1. The monoisotopic (exact) mass is 288 g/mol. The molecule has 1 N–H and O–H groups in total. The average molecular weight is 288 g/mol. The lowest BCUT2D eigenvalue weighted by Crippen LogP contribution is -2.17. The molecule has 0 aliphatic rings. The Bertz CT molecular complexity index is 618. The van der Waals surface area contributed by atoms with E-state index in [2.05, 4.69) is 4.74 Å². The SMILES string of the molecule is O=C(O)c1ccc(Oc2ccccc2OC(F)(F)F)o1. The summed E-state index contributed by atoms with van der Waals surface area (Å²) in [6.07, 6.45) is -4.87. The highest BCUT2D eigenvalue weighted by atomic mass is 19.4. The topological polar surface area (TPSA) is 68.9 Å². The van der Waals surface area contributed by atoms with Crippen molar-refractivity contribution < 1.29 is 37.0 Å². The Morgan fingerprint density at radius 1 is 1.10 bits per heavy atom. The van der Waals surface area contributed by atoms with Crippen molar-refractivity contribution in [2.75, 3.05) is 0 Å². The Morgan fingerprint density at radius 3 is 2.30 bits per heavy atom. The molecule has 5 nitrogen and oxygen atoms in total. The second kappa shape index (κ2) is 5.16. The van der Waals surface area contributed by atoms with E-state index in [1.54, 1.807) is 0 Å². The van der Waals surface area contributed by atoms with Gasteiger partial charge in [-0.3, -0.25) is 0 Å². The van der Waals surface area contributed by atoms with Gasteiger partial charge in [0.15, 0.2) is 11.5 Å². The molecule has 0 fully saturated rings. The van der Waals surface area contributed by atoms with Crippen molar-refractivity contribution in [3.63, 3.8) is 0 Å². The fourth-order valence-electron chi connectivity index (χ4n) is 1.34. The van der Waals surface area contributed by atoms with Gasteiger partial charge in [-0.25, -0.2) is 4.79 Å². The third kappa shape index (κ3) is 3.44. The largest absolute Gasteiger partial charge is 0.573 e. The number of para-hydroxylation sites is 2. The zero-order chi connectivity index (χ0) is 14.8. The molecule has 0 bridgehead atoms. The first-order valence-electron chi connectivity index (χ1n) is 5.21. The highest BCUT2D eigenvalue weighted by molar-refractivity contribution is 5.84. The molecule has 1 aromatic carbocycles. The van der Waals surface area contributed by atoms with E-state index in [1.165, 1.54) is 24.3 Å². The van der Waals surface area contributed by atoms with E-state index in [4.69, 9.17) is 14.3 Å². The number of aromatic carboxylic acids is 1. The Balaban J connectivity index is 2.22. The van der Waals surface area contributed by atoms with Gasteiger partial charge in [-0.2, -0.15) is 0 Å². The van der Waals surface area contributed by atoms with Crippen LogP contribution in [0.5, 0.6) is 17.4 Å². The first kappa shape index (κ1) is 13.8. The molecule has 2 rings (SSSR count). The van der Waals surface area contributed by atoms with E-state index < -0.39 is 23.8 Å². The van der Waals surface area contributed by atoms with Crippen LogP contribution in [0, 0.1) is 0 Å². The van der Waals surface area contributed by atoms with Gasteiger partial charge in [-0.15, -0.1) is 13.2 Å². The molecule has 2 aromatic rings. The quantitative estimate of drug-likeness (QED) is 0.929. The summed E-state index contributed by atoms with van der Waals surface area (Å²) >= 11 is 0. The molecule has 0 unspecified atom stereocenters. The van der Waals surface area contributed by atoms with Crippen LogP contribution in [0.4, 0.5) is 13.2 Å². The predicted octanol–water partition coefficient (Wildman–Crippen LogP) is 3.67. The zero-order valence-electron chi connectivity index (χ0n) is 9.68. The molecular formula is C12H7F3O5. The van der Waals surface area contributed by atoms with Gasteiger partial charge in [0.2, 0.25) is 5.76 Å². The molecule has 0 radical (unpaired) electrons. The number of alkyl halides is 3. The highest BCUT2D eigenvalue weighted by Gasteiger charge is 2.32. The van der Waals surface area contributed by atoms with Gasteiger partial charge in [0.25, 0.3) is 5.95 Å². The predicted molar refractivity (Wildman–Crippen MR) is 58.9 cm³/mol. The van der Waals surface area contributed by atoms with Crippen molar-refractivity contribution in [2.45, 2.75) is 6.36 Å². The lowest BCUT2D eigenvalue weighted by molar-refractivity contribution is -0.275. The standard InChI is InChI=1S/C12H7F3O5/c13-12(14,15)20-8-4-2-1-3-7(8)18-10-6-5-9(19-10)11(16)17/h1-6H,(H,16,17). The maximum Gasteiger partial charge on any atom is 0.573 e. The van der Waals surface area contributed by atoms with Crippen molar-refractivity contribution in [2.24, 2.45) is 0 Å². The molecular weight excluding hydrogens is 281 g/mol. The number of halogens is 3. The molecule has 106 valence electrons. The molecule has 0 aliphatic heterocycles. The Hall–Kier alpha value is -2.64. The van der Waals surface area contributed by atoms with Crippen LogP contribution in [0.15, 0.2) is 40.8 Å². The average Bonchev–Trinajstić information content (AvgIpc) is 2.78. The highest BCUT2D eigenvalue weighted by Crippen LogP contribution is 2.35. The second-order valence-corrected chi connectivity index (χ2v) is 3.52. The number of ether oxygens (including phenoxy) is 2. The molecule has 1 heterocycles. The summed E-state index contributed by atoms with van der Waals surface area (Å²) < 4.78 is 50.2. The molecule has 0 amide bonds. The van der Waals surface area contributed by atoms with Crippen LogP contribution >= 0.6 is 0 Å². The van der Waals surface area contributed by atoms with Crippen LogP contribution in [0.2, 0.25) is 0 Å². The summed E-state index contributed by atoms with van der Waals surface area (Å²) in [6.45, 7) is 0. The van der Waals surface area contributed by atoms with Gasteiger partial charge < -0.3 is 19.0 Å². The Morgan fingerprint density at radius 2 is 1.75 bits per heavy atom. The van der Waals surface area contributed by atoms with Crippen molar-refractivity contribution >= 4 is 5.97 Å². The number of benzene rings is 1. The summed E-state index contributed by atoms with van der Waals surface area (Å²) in [5.41, 5.74) is 0. The van der Waals surface area contributed by atoms with E-state index in [0.29, 0.717) is 0 Å². The van der Waals surface area contributed by atoms with Crippen molar-refractivity contribution in [1.29, 1.82) is 0 Å². The third-order valence-electron chi connectivity index (χ3n) is 2.08. The summed E-state index contributed by atoms with van der Waals surface area (Å²) in [6, 6.07) is 7.34. The molecule has 0 saturated carbocycles. The van der Waals surface area contributed by atoms with E-state index in [-0.39, 0.29) is 11.7 Å². The van der Waals surface area contributed by atoms with Gasteiger partial charge in [-0.05, 0) is 18.2 Å². The summed E-state index contributed by atoms with van der Waals surface area (Å²) in [7, 11) is 0. The van der Waals surface area contributed by atoms with Gasteiger partial charge in [0.1, 0.15) is 0 Å².